The number of morpholine rings is 1. The molecule has 1 atom stereocenters. The molecule has 0 unspecified atom stereocenters. The molecule has 0 aliphatic carbocycles. The Kier molecular flexibility index (Phi) is 5.89. The molecule has 2 saturated heterocycles. The minimum absolute atomic E-state index is 0.000998. The maximum absolute atomic E-state index is 12.9. The Balaban J connectivity index is 1.61. The largest absolute Gasteiger partial charge is 0.379 e. The summed E-state index contributed by atoms with van der Waals surface area (Å²) in [7, 11) is 0. The lowest BCUT2D eigenvalue weighted by molar-refractivity contribution is 0.0288. The SMILES string of the molecule is CC(C)c1cc(C(=O)N2CCCC[C@@H]2CCN2CCOCC2)on1. The van der Waals surface area contributed by atoms with E-state index < -0.39 is 0 Å². The molecule has 6 nitrogen and oxygen atoms in total. The fraction of sp³-hybridized carbons (Fsp3) is 0.778. The van der Waals surface area contributed by atoms with Crippen molar-refractivity contribution in [3.05, 3.63) is 17.5 Å². The van der Waals surface area contributed by atoms with Crippen LogP contribution < -0.4 is 0 Å². The molecule has 1 aromatic heterocycles. The molecule has 134 valence electrons. The second-order valence-corrected chi connectivity index (χ2v) is 7.16. The second-order valence-electron chi connectivity index (χ2n) is 7.16. The molecule has 2 aliphatic rings. The van der Waals surface area contributed by atoms with Gasteiger partial charge in [0.05, 0.1) is 18.9 Å². The highest BCUT2D eigenvalue weighted by Gasteiger charge is 2.30. The minimum atomic E-state index is 0.000998. The monoisotopic (exact) mass is 335 g/mol. The number of ether oxygens (including phenoxy) is 1. The number of hydrogen-bond acceptors (Lipinski definition) is 5. The second kappa shape index (κ2) is 8.12. The van der Waals surface area contributed by atoms with E-state index in [1.165, 1.54) is 6.42 Å². The van der Waals surface area contributed by atoms with Gasteiger partial charge in [0.1, 0.15) is 0 Å². The van der Waals surface area contributed by atoms with E-state index in [4.69, 9.17) is 9.26 Å². The Hall–Kier alpha value is -1.40. The van der Waals surface area contributed by atoms with Crippen molar-refractivity contribution in [1.82, 2.24) is 15.0 Å². The van der Waals surface area contributed by atoms with Gasteiger partial charge < -0.3 is 14.2 Å². The number of likely N-dealkylation sites (tertiary alicyclic amines) is 1. The van der Waals surface area contributed by atoms with Crippen molar-refractivity contribution in [1.29, 1.82) is 0 Å². The first-order valence-corrected chi connectivity index (χ1v) is 9.23. The third-order valence-electron chi connectivity index (χ3n) is 5.10. The highest BCUT2D eigenvalue weighted by molar-refractivity contribution is 5.91. The number of carbonyl (C=O) groups is 1. The van der Waals surface area contributed by atoms with Crippen molar-refractivity contribution in [2.75, 3.05) is 39.4 Å². The molecule has 3 rings (SSSR count). The number of carbonyl (C=O) groups excluding carboxylic acids is 1. The van der Waals surface area contributed by atoms with Crippen LogP contribution in [0, 0.1) is 0 Å². The van der Waals surface area contributed by atoms with Crippen LogP contribution in [0.2, 0.25) is 0 Å². The minimum Gasteiger partial charge on any atom is -0.379 e. The number of rotatable bonds is 5. The van der Waals surface area contributed by atoms with Crippen LogP contribution >= 0.6 is 0 Å². The predicted octanol–water partition coefficient (Wildman–Crippen LogP) is 2.52. The van der Waals surface area contributed by atoms with E-state index in [-0.39, 0.29) is 11.8 Å². The summed E-state index contributed by atoms with van der Waals surface area (Å²) >= 11 is 0. The summed E-state index contributed by atoms with van der Waals surface area (Å²) in [6, 6.07) is 2.11. The smallest absolute Gasteiger partial charge is 0.292 e. The lowest BCUT2D eigenvalue weighted by Gasteiger charge is -2.37. The predicted molar refractivity (Wildman–Crippen MR) is 91.1 cm³/mol. The molecule has 3 heterocycles. The Morgan fingerprint density at radius 3 is 2.79 bits per heavy atom. The molecule has 0 spiro atoms. The molecule has 0 N–H and O–H groups in total. The van der Waals surface area contributed by atoms with Crippen LogP contribution in [-0.4, -0.2) is 66.3 Å². The lowest BCUT2D eigenvalue weighted by atomic mass is 9.98. The summed E-state index contributed by atoms with van der Waals surface area (Å²) in [6.45, 7) is 9.61. The molecular weight excluding hydrogens is 306 g/mol. The average molecular weight is 335 g/mol. The van der Waals surface area contributed by atoms with Crippen molar-refractivity contribution in [2.24, 2.45) is 0 Å². The van der Waals surface area contributed by atoms with Crippen LogP contribution in [0.3, 0.4) is 0 Å². The van der Waals surface area contributed by atoms with Crippen LogP contribution in [0.1, 0.15) is 61.7 Å². The summed E-state index contributed by atoms with van der Waals surface area (Å²) in [5.74, 6) is 0.659. The number of hydrogen-bond donors (Lipinski definition) is 0. The van der Waals surface area contributed by atoms with Crippen LogP contribution in [0.4, 0.5) is 0 Å². The van der Waals surface area contributed by atoms with Crippen molar-refractivity contribution >= 4 is 5.91 Å². The van der Waals surface area contributed by atoms with E-state index >= 15 is 0 Å². The van der Waals surface area contributed by atoms with Gasteiger partial charge in [-0.3, -0.25) is 9.69 Å². The van der Waals surface area contributed by atoms with Gasteiger partial charge in [-0.15, -0.1) is 0 Å². The van der Waals surface area contributed by atoms with Crippen LogP contribution in [0.25, 0.3) is 0 Å². The molecular formula is C18H29N3O3. The molecule has 0 aromatic carbocycles. The Labute approximate surface area is 144 Å². The maximum atomic E-state index is 12.9. The molecule has 1 aromatic rings. The van der Waals surface area contributed by atoms with Gasteiger partial charge in [-0.25, -0.2) is 0 Å². The third kappa shape index (κ3) is 4.16. The Morgan fingerprint density at radius 1 is 1.29 bits per heavy atom. The van der Waals surface area contributed by atoms with Crippen LogP contribution in [0.15, 0.2) is 10.6 Å². The summed E-state index contributed by atoms with van der Waals surface area (Å²) in [4.78, 5) is 17.3. The van der Waals surface area contributed by atoms with Gasteiger partial charge in [-0.05, 0) is 31.6 Å². The van der Waals surface area contributed by atoms with Crippen LogP contribution in [-0.2, 0) is 4.74 Å². The fourth-order valence-electron chi connectivity index (χ4n) is 3.53. The van der Waals surface area contributed by atoms with Gasteiger partial charge in [0, 0.05) is 38.3 Å². The van der Waals surface area contributed by atoms with E-state index in [9.17, 15) is 4.79 Å². The average Bonchev–Trinajstić information content (AvgIpc) is 3.11. The molecule has 2 fully saturated rings. The van der Waals surface area contributed by atoms with E-state index in [0.29, 0.717) is 11.8 Å². The molecule has 1 amide bonds. The normalized spacial score (nSPS) is 23.0. The van der Waals surface area contributed by atoms with E-state index in [2.05, 4.69) is 23.9 Å². The zero-order valence-corrected chi connectivity index (χ0v) is 14.9. The molecule has 6 heteroatoms. The molecule has 24 heavy (non-hydrogen) atoms. The summed E-state index contributed by atoms with van der Waals surface area (Å²) in [5, 5.41) is 4.03. The number of nitrogens with zero attached hydrogens (tertiary/aromatic N) is 3. The van der Waals surface area contributed by atoms with Crippen molar-refractivity contribution in [3.8, 4) is 0 Å². The Morgan fingerprint density at radius 2 is 2.08 bits per heavy atom. The van der Waals surface area contributed by atoms with Crippen molar-refractivity contribution in [3.63, 3.8) is 0 Å². The topological polar surface area (TPSA) is 58.8 Å². The van der Waals surface area contributed by atoms with E-state index in [1.807, 2.05) is 4.90 Å². The number of aromatic nitrogens is 1. The van der Waals surface area contributed by atoms with Crippen LogP contribution in [0.5, 0.6) is 0 Å². The summed E-state index contributed by atoms with van der Waals surface area (Å²) in [5.41, 5.74) is 0.847. The first-order valence-electron chi connectivity index (χ1n) is 9.23. The fourth-order valence-corrected chi connectivity index (χ4v) is 3.53. The standard InChI is InChI=1S/C18H29N3O3/c1-14(2)16-13-17(24-19-16)18(22)21-7-4-3-5-15(21)6-8-20-9-11-23-12-10-20/h13-15H,3-12H2,1-2H3/t15-/m1/s1. The van der Waals surface area contributed by atoms with Gasteiger partial charge in [-0.2, -0.15) is 0 Å². The Bertz CT molecular complexity index is 537. The zero-order chi connectivity index (χ0) is 16.9. The number of piperidine rings is 1. The lowest BCUT2D eigenvalue weighted by Crippen LogP contribution is -2.46. The molecule has 2 aliphatic heterocycles. The van der Waals surface area contributed by atoms with Crippen molar-refractivity contribution < 1.29 is 14.1 Å². The zero-order valence-electron chi connectivity index (χ0n) is 14.9. The van der Waals surface area contributed by atoms with Gasteiger partial charge in [-0.1, -0.05) is 19.0 Å². The maximum Gasteiger partial charge on any atom is 0.292 e. The van der Waals surface area contributed by atoms with E-state index in [0.717, 1.165) is 64.3 Å². The molecule has 0 radical (unpaired) electrons. The highest BCUT2D eigenvalue weighted by Crippen LogP contribution is 2.24. The summed E-state index contributed by atoms with van der Waals surface area (Å²) in [6.07, 6.45) is 4.38. The highest BCUT2D eigenvalue weighted by atomic mass is 16.5. The van der Waals surface area contributed by atoms with E-state index in [1.54, 1.807) is 6.07 Å². The molecule has 0 saturated carbocycles. The summed E-state index contributed by atoms with van der Waals surface area (Å²) < 4.78 is 10.7. The molecule has 0 bridgehead atoms. The van der Waals surface area contributed by atoms with Gasteiger partial charge in [0.2, 0.25) is 5.76 Å². The van der Waals surface area contributed by atoms with Gasteiger partial charge in [0.25, 0.3) is 5.91 Å². The third-order valence-corrected chi connectivity index (χ3v) is 5.10. The first-order chi connectivity index (χ1) is 11.6. The number of amides is 1. The quantitative estimate of drug-likeness (QED) is 0.827. The first kappa shape index (κ1) is 17.4. The van der Waals surface area contributed by atoms with Gasteiger partial charge >= 0.3 is 0 Å². The van der Waals surface area contributed by atoms with Gasteiger partial charge in [0.15, 0.2) is 0 Å². The van der Waals surface area contributed by atoms with Crippen molar-refractivity contribution in [2.45, 2.75) is 51.5 Å².